The molecule has 0 saturated carbocycles. The van der Waals surface area contributed by atoms with E-state index in [1.165, 1.54) is 11.3 Å². The average Bonchev–Trinajstić information content (AvgIpc) is 3.39. The number of halogens is 2. The normalized spacial score (nSPS) is 16.3. The lowest BCUT2D eigenvalue weighted by Crippen LogP contribution is -2.45. The first-order chi connectivity index (χ1) is 13.7. The van der Waals surface area contributed by atoms with Crippen molar-refractivity contribution >= 4 is 64.5 Å². The van der Waals surface area contributed by atoms with Gasteiger partial charge in [0.15, 0.2) is 5.96 Å². The van der Waals surface area contributed by atoms with E-state index in [0.29, 0.717) is 12.6 Å². The molecule has 158 valence electrons. The van der Waals surface area contributed by atoms with Crippen LogP contribution in [-0.4, -0.2) is 51.1 Å². The van der Waals surface area contributed by atoms with Crippen LogP contribution in [0, 0.1) is 0 Å². The van der Waals surface area contributed by atoms with Crippen molar-refractivity contribution in [3.05, 3.63) is 51.7 Å². The number of hydrogen-bond acceptors (Lipinski definition) is 4. The number of thiophene rings is 1. The maximum Gasteiger partial charge on any atom is 0.261 e. The first-order valence-electron chi connectivity index (χ1n) is 9.45. The molecule has 9 heteroatoms. The number of rotatable bonds is 7. The predicted octanol–water partition coefficient (Wildman–Crippen LogP) is 3.58. The quantitative estimate of drug-likeness (QED) is 0.215. The summed E-state index contributed by atoms with van der Waals surface area (Å²) in [4.78, 5) is 19.3. The highest BCUT2D eigenvalue weighted by Gasteiger charge is 2.23. The minimum absolute atomic E-state index is 0. The van der Waals surface area contributed by atoms with Crippen molar-refractivity contribution in [1.29, 1.82) is 0 Å². The lowest BCUT2D eigenvalue weighted by atomic mass is 10.2. The van der Waals surface area contributed by atoms with Gasteiger partial charge >= 0.3 is 0 Å². The summed E-state index contributed by atoms with van der Waals surface area (Å²) in [6.45, 7) is 3.28. The summed E-state index contributed by atoms with van der Waals surface area (Å²) >= 11 is 7.55. The molecule has 1 aliphatic rings. The third-order valence-corrected chi connectivity index (χ3v) is 5.71. The molecule has 1 aromatic heterocycles. The molecule has 1 atom stereocenters. The van der Waals surface area contributed by atoms with Crippen LogP contribution in [-0.2, 0) is 0 Å². The standard InChI is InChI=1S/C20H26ClN5OS.HI/c1-22-20(24-10-4-9-23-19(27)18-7-3-12-28-18)25-16-8-11-26(14-16)17-6-2-5-15(21)13-17;/h2-3,5-7,12-13,16H,4,8-11,14H2,1H3,(H,23,27)(H2,22,24,25);1H. The molecular formula is C20H27ClIN5OS. The first-order valence-corrected chi connectivity index (χ1v) is 10.7. The fourth-order valence-electron chi connectivity index (χ4n) is 3.17. The number of nitrogens with one attached hydrogen (secondary N) is 3. The van der Waals surface area contributed by atoms with Gasteiger partial charge < -0.3 is 20.9 Å². The van der Waals surface area contributed by atoms with Gasteiger partial charge in [-0.2, -0.15) is 0 Å². The Kier molecular flexibility index (Phi) is 10.0. The SMILES string of the molecule is CN=C(NCCCNC(=O)c1cccs1)NC1CCN(c2cccc(Cl)c2)C1.I. The highest BCUT2D eigenvalue weighted by Crippen LogP contribution is 2.23. The topological polar surface area (TPSA) is 68.8 Å². The summed E-state index contributed by atoms with van der Waals surface area (Å²) in [6.07, 6.45) is 1.88. The van der Waals surface area contributed by atoms with Crippen molar-refractivity contribution in [3.63, 3.8) is 0 Å². The average molecular weight is 548 g/mol. The Morgan fingerprint density at radius 1 is 1.28 bits per heavy atom. The molecule has 29 heavy (non-hydrogen) atoms. The smallest absolute Gasteiger partial charge is 0.261 e. The number of aliphatic imine (C=N–C) groups is 1. The second-order valence-corrected chi connectivity index (χ2v) is 8.03. The lowest BCUT2D eigenvalue weighted by molar-refractivity contribution is 0.0957. The molecule has 6 nitrogen and oxygen atoms in total. The van der Waals surface area contributed by atoms with E-state index >= 15 is 0 Å². The van der Waals surface area contributed by atoms with E-state index in [1.54, 1.807) is 7.05 Å². The second-order valence-electron chi connectivity index (χ2n) is 6.64. The molecule has 0 spiro atoms. The van der Waals surface area contributed by atoms with Gasteiger partial charge in [-0.1, -0.05) is 23.7 Å². The minimum Gasteiger partial charge on any atom is -0.369 e. The Labute approximate surface area is 198 Å². The Morgan fingerprint density at radius 2 is 2.10 bits per heavy atom. The van der Waals surface area contributed by atoms with Gasteiger partial charge in [0, 0.05) is 50.0 Å². The van der Waals surface area contributed by atoms with Gasteiger partial charge in [-0.25, -0.2) is 0 Å². The van der Waals surface area contributed by atoms with Gasteiger partial charge in [0.25, 0.3) is 5.91 Å². The number of nitrogens with zero attached hydrogens (tertiary/aromatic N) is 2. The Bertz CT molecular complexity index is 802. The molecule has 0 radical (unpaired) electrons. The molecule has 0 aliphatic carbocycles. The van der Waals surface area contributed by atoms with Crippen LogP contribution >= 0.6 is 46.9 Å². The number of anilines is 1. The molecule has 1 saturated heterocycles. The third-order valence-electron chi connectivity index (χ3n) is 4.60. The summed E-state index contributed by atoms with van der Waals surface area (Å²) in [6, 6.07) is 12.0. The summed E-state index contributed by atoms with van der Waals surface area (Å²) in [5.41, 5.74) is 1.15. The predicted molar refractivity (Wildman–Crippen MR) is 133 cm³/mol. The van der Waals surface area contributed by atoms with Crippen LogP contribution in [0.4, 0.5) is 5.69 Å². The first kappa shape index (κ1) is 23.8. The van der Waals surface area contributed by atoms with Crippen molar-refractivity contribution in [3.8, 4) is 0 Å². The zero-order valence-electron chi connectivity index (χ0n) is 16.4. The number of carbonyl (C=O) groups is 1. The molecule has 2 heterocycles. The summed E-state index contributed by atoms with van der Waals surface area (Å²) in [5, 5.41) is 12.4. The molecule has 1 aliphatic heterocycles. The molecule has 1 aromatic carbocycles. The number of guanidine groups is 1. The van der Waals surface area contributed by atoms with Gasteiger partial charge in [-0.15, -0.1) is 35.3 Å². The maximum absolute atomic E-state index is 11.9. The van der Waals surface area contributed by atoms with E-state index in [9.17, 15) is 4.79 Å². The van der Waals surface area contributed by atoms with Crippen molar-refractivity contribution in [2.45, 2.75) is 18.9 Å². The highest BCUT2D eigenvalue weighted by molar-refractivity contribution is 14.0. The maximum atomic E-state index is 11.9. The van der Waals surface area contributed by atoms with Crippen LogP contribution < -0.4 is 20.9 Å². The van der Waals surface area contributed by atoms with Gasteiger partial charge in [-0.05, 0) is 42.5 Å². The van der Waals surface area contributed by atoms with E-state index < -0.39 is 0 Å². The van der Waals surface area contributed by atoms with Gasteiger partial charge in [-0.3, -0.25) is 9.79 Å². The summed E-state index contributed by atoms with van der Waals surface area (Å²) in [5.74, 6) is 0.784. The molecule has 1 fully saturated rings. The zero-order valence-corrected chi connectivity index (χ0v) is 20.3. The Hall–Kier alpha value is -1.52. The number of amides is 1. The van der Waals surface area contributed by atoms with E-state index in [1.807, 2.05) is 35.7 Å². The minimum atomic E-state index is -0.00966. The third kappa shape index (κ3) is 7.35. The molecular weight excluding hydrogens is 521 g/mol. The van der Waals surface area contributed by atoms with Crippen LogP contribution in [0.15, 0.2) is 46.8 Å². The Balaban J connectivity index is 0.00000300. The van der Waals surface area contributed by atoms with Gasteiger partial charge in [0.1, 0.15) is 0 Å². The largest absolute Gasteiger partial charge is 0.369 e. The number of carbonyl (C=O) groups excluding carboxylic acids is 1. The lowest BCUT2D eigenvalue weighted by Gasteiger charge is -2.20. The van der Waals surface area contributed by atoms with Crippen LogP contribution in [0.5, 0.6) is 0 Å². The summed E-state index contributed by atoms with van der Waals surface area (Å²) in [7, 11) is 1.78. The van der Waals surface area contributed by atoms with Crippen molar-refractivity contribution in [2.24, 2.45) is 4.99 Å². The van der Waals surface area contributed by atoms with E-state index in [0.717, 1.165) is 54.0 Å². The monoisotopic (exact) mass is 547 g/mol. The number of benzene rings is 1. The van der Waals surface area contributed by atoms with Gasteiger partial charge in [0.2, 0.25) is 0 Å². The highest BCUT2D eigenvalue weighted by atomic mass is 127. The second kappa shape index (κ2) is 12.2. The fourth-order valence-corrected chi connectivity index (χ4v) is 3.99. The van der Waals surface area contributed by atoms with Crippen LogP contribution in [0.1, 0.15) is 22.5 Å². The van der Waals surface area contributed by atoms with Gasteiger partial charge in [0.05, 0.1) is 4.88 Å². The molecule has 0 bridgehead atoms. The van der Waals surface area contributed by atoms with E-state index in [4.69, 9.17) is 11.6 Å². The molecule has 3 N–H and O–H groups in total. The molecule has 1 unspecified atom stereocenters. The van der Waals surface area contributed by atoms with Crippen LogP contribution in [0.2, 0.25) is 5.02 Å². The number of hydrogen-bond donors (Lipinski definition) is 3. The van der Waals surface area contributed by atoms with Crippen molar-refractivity contribution in [1.82, 2.24) is 16.0 Å². The summed E-state index contributed by atoms with van der Waals surface area (Å²) < 4.78 is 0. The molecule has 3 rings (SSSR count). The zero-order chi connectivity index (χ0) is 19.8. The fraction of sp³-hybridized carbons (Fsp3) is 0.400. The van der Waals surface area contributed by atoms with E-state index in [-0.39, 0.29) is 29.9 Å². The Morgan fingerprint density at radius 3 is 2.83 bits per heavy atom. The van der Waals surface area contributed by atoms with Crippen LogP contribution in [0.25, 0.3) is 0 Å². The van der Waals surface area contributed by atoms with E-state index in [2.05, 4.69) is 31.9 Å². The molecule has 2 aromatic rings. The van der Waals surface area contributed by atoms with Crippen molar-refractivity contribution in [2.75, 3.05) is 38.1 Å². The molecule has 1 amide bonds. The van der Waals surface area contributed by atoms with Crippen molar-refractivity contribution < 1.29 is 4.79 Å². The van der Waals surface area contributed by atoms with Crippen LogP contribution in [0.3, 0.4) is 0 Å².